The Bertz CT molecular complexity index is 1520. The first-order valence-electron chi connectivity index (χ1n) is 12.8. The predicted molar refractivity (Wildman–Crippen MR) is 158 cm³/mol. The molecular formula is C29H34BrN5O2S. The van der Waals surface area contributed by atoms with Crippen LogP contribution in [0.3, 0.4) is 0 Å². The molecule has 1 aliphatic rings. The summed E-state index contributed by atoms with van der Waals surface area (Å²) in [6.07, 6.45) is 3.21. The van der Waals surface area contributed by atoms with Gasteiger partial charge >= 0.3 is 0 Å². The molecular weight excluding hydrogens is 562 g/mol. The zero-order valence-electron chi connectivity index (χ0n) is 22.1. The van der Waals surface area contributed by atoms with E-state index in [1.165, 1.54) is 29.5 Å². The molecule has 1 saturated heterocycles. The summed E-state index contributed by atoms with van der Waals surface area (Å²) >= 11 is 3.30. The van der Waals surface area contributed by atoms with E-state index >= 15 is 0 Å². The van der Waals surface area contributed by atoms with Crippen LogP contribution in [0.2, 0.25) is 0 Å². The van der Waals surface area contributed by atoms with Crippen molar-refractivity contribution in [1.82, 2.24) is 20.1 Å². The topological polar surface area (TPSA) is 102 Å². The van der Waals surface area contributed by atoms with E-state index in [1.54, 1.807) is 18.2 Å². The van der Waals surface area contributed by atoms with Gasteiger partial charge in [-0.25, -0.2) is 13.4 Å². The van der Waals surface area contributed by atoms with Crippen LogP contribution in [-0.4, -0.2) is 53.9 Å². The first-order chi connectivity index (χ1) is 18.1. The number of fused-ring (bicyclic) bond motifs is 1. The number of nitrogens with zero attached hydrogens (tertiary/aromatic N) is 4. The summed E-state index contributed by atoms with van der Waals surface area (Å²) in [5.74, 6) is 0.445. The molecule has 38 heavy (non-hydrogen) atoms. The van der Waals surface area contributed by atoms with Gasteiger partial charge < -0.3 is 10.6 Å². The van der Waals surface area contributed by atoms with Crippen LogP contribution in [0.4, 0.5) is 5.95 Å². The molecule has 1 aliphatic heterocycles. The lowest BCUT2D eigenvalue weighted by Crippen LogP contribution is -2.22. The van der Waals surface area contributed by atoms with E-state index in [4.69, 9.17) is 5.73 Å². The Balaban J connectivity index is 0.000000178. The van der Waals surface area contributed by atoms with Crippen molar-refractivity contribution >= 4 is 42.7 Å². The highest BCUT2D eigenvalue weighted by molar-refractivity contribution is 9.10. The van der Waals surface area contributed by atoms with Crippen LogP contribution in [0, 0.1) is 20.8 Å². The first-order valence-corrected chi connectivity index (χ1v) is 15.3. The molecule has 1 aromatic heterocycles. The number of rotatable bonds is 6. The average Bonchev–Trinajstić information content (AvgIpc) is 3.38. The third-order valence-corrected chi connectivity index (χ3v) is 9.07. The number of halogens is 1. The molecule has 0 unspecified atom stereocenters. The standard InChI is InChI=1S/C16H16N4.C13H18BrNO2S/c1-9-5-4-6-10(2)14(9)12-7-11(3)15-13(8-12)19-20-16(17)18-15;14-12-5-3-6-13(11-12)18(16,17)10-4-9-15-7-1-2-8-15/h4-8H,1-3H3,(H2,17,18,20);3,5-6,11H,1-2,4,7-10H2. The van der Waals surface area contributed by atoms with Gasteiger partial charge in [-0.2, -0.15) is 0 Å². The molecule has 0 atom stereocenters. The van der Waals surface area contributed by atoms with Gasteiger partial charge in [0.2, 0.25) is 5.95 Å². The highest BCUT2D eigenvalue weighted by atomic mass is 79.9. The van der Waals surface area contributed by atoms with Crippen molar-refractivity contribution in [3.63, 3.8) is 0 Å². The summed E-state index contributed by atoms with van der Waals surface area (Å²) in [4.78, 5) is 7.02. The number of hydrogen-bond acceptors (Lipinski definition) is 7. The van der Waals surface area contributed by atoms with Gasteiger partial charge in [0.25, 0.3) is 0 Å². The molecule has 0 radical (unpaired) electrons. The molecule has 0 spiro atoms. The molecule has 4 aromatic rings. The molecule has 3 aromatic carbocycles. The zero-order valence-corrected chi connectivity index (χ0v) is 24.5. The number of anilines is 1. The van der Waals surface area contributed by atoms with Gasteiger partial charge in [0.05, 0.1) is 16.2 Å². The molecule has 7 nitrogen and oxygen atoms in total. The lowest BCUT2D eigenvalue weighted by atomic mass is 9.94. The van der Waals surface area contributed by atoms with Crippen LogP contribution < -0.4 is 5.73 Å². The summed E-state index contributed by atoms with van der Waals surface area (Å²) in [7, 11) is -3.13. The maximum Gasteiger partial charge on any atom is 0.240 e. The second kappa shape index (κ2) is 12.3. The highest BCUT2D eigenvalue weighted by Crippen LogP contribution is 2.30. The summed E-state index contributed by atoms with van der Waals surface area (Å²) in [5, 5.41) is 7.99. The molecule has 2 N–H and O–H groups in total. The minimum Gasteiger partial charge on any atom is -0.366 e. The molecule has 5 rings (SSSR count). The SMILES string of the molecule is Cc1cccc(C)c1-c1cc(C)c2nc(N)nnc2c1.O=S(=O)(CCCN1CCCC1)c1cccc(Br)c1. The fraction of sp³-hybridized carbons (Fsp3) is 0.345. The van der Waals surface area contributed by atoms with Crippen LogP contribution in [0.15, 0.2) is 64.0 Å². The Morgan fingerprint density at radius 3 is 2.29 bits per heavy atom. The number of benzene rings is 3. The Hall–Kier alpha value is -2.88. The van der Waals surface area contributed by atoms with Crippen molar-refractivity contribution in [2.75, 3.05) is 31.1 Å². The van der Waals surface area contributed by atoms with Gasteiger partial charge in [-0.05, 0) is 118 Å². The third kappa shape index (κ3) is 6.95. The molecule has 9 heteroatoms. The maximum absolute atomic E-state index is 12.1. The second-order valence-corrected chi connectivity index (χ2v) is 12.8. The second-order valence-electron chi connectivity index (χ2n) is 9.78. The summed E-state index contributed by atoms with van der Waals surface area (Å²) in [6.45, 7) is 9.40. The van der Waals surface area contributed by atoms with E-state index in [0.29, 0.717) is 4.90 Å². The van der Waals surface area contributed by atoms with Crippen LogP contribution in [-0.2, 0) is 9.84 Å². The fourth-order valence-corrected chi connectivity index (χ4v) is 6.79. The number of hydrogen-bond donors (Lipinski definition) is 1. The van der Waals surface area contributed by atoms with E-state index in [2.05, 4.69) is 74.1 Å². The Kier molecular flexibility index (Phi) is 9.12. The average molecular weight is 597 g/mol. The number of aromatic nitrogens is 3. The summed E-state index contributed by atoms with van der Waals surface area (Å²) < 4.78 is 25.0. The smallest absolute Gasteiger partial charge is 0.240 e. The Labute approximate surface area is 233 Å². The van der Waals surface area contributed by atoms with E-state index < -0.39 is 9.84 Å². The van der Waals surface area contributed by atoms with Gasteiger partial charge in [-0.3, -0.25) is 0 Å². The lowest BCUT2D eigenvalue weighted by Gasteiger charge is -2.14. The van der Waals surface area contributed by atoms with Crippen molar-refractivity contribution in [3.8, 4) is 11.1 Å². The van der Waals surface area contributed by atoms with Crippen LogP contribution >= 0.6 is 15.9 Å². The first kappa shape index (κ1) is 28.1. The van der Waals surface area contributed by atoms with Crippen molar-refractivity contribution in [3.05, 3.63) is 75.8 Å². The van der Waals surface area contributed by atoms with Gasteiger partial charge in [-0.15, -0.1) is 10.2 Å². The summed E-state index contributed by atoms with van der Waals surface area (Å²) in [5.41, 5.74) is 13.1. The van der Waals surface area contributed by atoms with Crippen LogP contribution in [0.25, 0.3) is 22.2 Å². The molecule has 1 fully saturated rings. The molecule has 200 valence electrons. The van der Waals surface area contributed by atoms with Crippen LogP contribution in [0.5, 0.6) is 0 Å². The van der Waals surface area contributed by atoms with Gasteiger partial charge in [0, 0.05) is 4.47 Å². The molecule has 0 amide bonds. The van der Waals surface area contributed by atoms with E-state index in [9.17, 15) is 8.42 Å². The van der Waals surface area contributed by atoms with Crippen molar-refractivity contribution in [2.45, 2.75) is 44.9 Å². The van der Waals surface area contributed by atoms with E-state index in [-0.39, 0.29) is 11.7 Å². The molecule has 0 aliphatic carbocycles. The largest absolute Gasteiger partial charge is 0.366 e. The normalized spacial score (nSPS) is 13.9. The number of aryl methyl sites for hydroxylation is 3. The maximum atomic E-state index is 12.1. The number of nitrogen functional groups attached to an aromatic ring is 1. The molecule has 2 heterocycles. The summed E-state index contributed by atoms with van der Waals surface area (Å²) in [6, 6.07) is 17.4. The number of likely N-dealkylation sites (tertiary alicyclic amines) is 1. The monoisotopic (exact) mass is 595 g/mol. The Morgan fingerprint density at radius 1 is 0.921 bits per heavy atom. The predicted octanol–water partition coefficient (Wildman–Crippen LogP) is 5.91. The van der Waals surface area contributed by atoms with E-state index in [0.717, 1.165) is 52.7 Å². The molecule has 0 bridgehead atoms. The lowest BCUT2D eigenvalue weighted by molar-refractivity contribution is 0.340. The van der Waals surface area contributed by atoms with Gasteiger partial charge in [0.15, 0.2) is 9.84 Å². The van der Waals surface area contributed by atoms with Crippen molar-refractivity contribution in [2.24, 2.45) is 0 Å². The van der Waals surface area contributed by atoms with Crippen LogP contribution in [0.1, 0.15) is 36.0 Å². The van der Waals surface area contributed by atoms with Crippen molar-refractivity contribution < 1.29 is 8.42 Å². The molecule has 0 saturated carbocycles. The minimum absolute atomic E-state index is 0.209. The Morgan fingerprint density at radius 2 is 1.61 bits per heavy atom. The van der Waals surface area contributed by atoms with Crippen molar-refractivity contribution in [1.29, 1.82) is 0 Å². The third-order valence-electron chi connectivity index (χ3n) is 6.78. The van der Waals surface area contributed by atoms with Gasteiger partial charge in [-0.1, -0.05) is 40.2 Å². The zero-order chi connectivity index (χ0) is 27.3. The quantitative estimate of drug-likeness (QED) is 0.295. The highest BCUT2D eigenvalue weighted by Gasteiger charge is 2.17. The minimum atomic E-state index is -3.13. The fourth-order valence-electron chi connectivity index (χ4n) is 4.90. The number of sulfone groups is 1. The van der Waals surface area contributed by atoms with E-state index in [1.807, 2.05) is 19.1 Å². The number of nitrogens with two attached hydrogens (primary N) is 1. The van der Waals surface area contributed by atoms with Gasteiger partial charge in [0.1, 0.15) is 5.52 Å².